The first-order chi connectivity index (χ1) is 14.2. The fourth-order valence-corrected chi connectivity index (χ4v) is 4.97. The highest BCUT2D eigenvalue weighted by molar-refractivity contribution is 6.31. The second-order valence-corrected chi connectivity index (χ2v) is 8.76. The molecule has 2 aliphatic heterocycles. The lowest BCUT2D eigenvalue weighted by Crippen LogP contribution is -2.41. The standard InChI is InChI=1S/C23H26ClN5/c1-25-22-6-3-16(13-27-22)19-12-21(18-5-4-17(24)11-20(18)28-19)29-10-8-23(15-29)7-2-9-26-14-23/h3-6,11-13,26H,2,7-10,14-15H2,1H3,(H,25,27). The molecule has 6 heteroatoms. The lowest BCUT2D eigenvalue weighted by molar-refractivity contribution is 0.239. The van der Waals surface area contributed by atoms with Crippen molar-refractivity contribution >= 4 is 34.0 Å². The first-order valence-electron chi connectivity index (χ1n) is 10.4. The van der Waals surface area contributed by atoms with E-state index in [1.807, 2.05) is 31.4 Å². The van der Waals surface area contributed by atoms with Crippen molar-refractivity contribution in [3.63, 3.8) is 0 Å². The molecule has 3 aromatic rings. The number of nitrogens with one attached hydrogen (secondary N) is 2. The molecule has 5 rings (SSSR count). The molecule has 150 valence electrons. The lowest BCUT2D eigenvalue weighted by atomic mass is 9.80. The summed E-state index contributed by atoms with van der Waals surface area (Å²) in [6, 6.07) is 12.3. The molecule has 0 radical (unpaired) electrons. The third kappa shape index (κ3) is 3.53. The van der Waals surface area contributed by atoms with Crippen molar-refractivity contribution in [2.45, 2.75) is 19.3 Å². The quantitative estimate of drug-likeness (QED) is 0.666. The Morgan fingerprint density at radius 1 is 1.17 bits per heavy atom. The molecule has 1 atom stereocenters. The summed E-state index contributed by atoms with van der Waals surface area (Å²) in [4.78, 5) is 11.9. The van der Waals surface area contributed by atoms with E-state index in [0.29, 0.717) is 10.4 Å². The molecule has 2 fully saturated rings. The average Bonchev–Trinajstić information content (AvgIpc) is 3.16. The first-order valence-corrected chi connectivity index (χ1v) is 10.7. The van der Waals surface area contributed by atoms with Gasteiger partial charge >= 0.3 is 0 Å². The van der Waals surface area contributed by atoms with Crippen LogP contribution in [-0.4, -0.2) is 43.2 Å². The van der Waals surface area contributed by atoms with Gasteiger partial charge in [0.2, 0.25) is 0 Å². The van der Waals surface area contributed by atoms with E-state index >= 15 is 0 Å². The predicted octanol–water partition coefficient (Wildman–Crippen LogP) is 4.57. The first kappa shape index (κ1) is 18.6. The Balaban J connectivity index is 1.58. The Bertz CT molecular complexity index is 1030. The molecule has 1 spiro atoms. The molecule has 2 aromatic heterocycles. The van der Waals surface area contributed by atoms with E-state index in [0.717, 1.165) is 48.8 Å². The molecule has 4 heterocycles. The molecule has 0 bridgehead atoms. The molecule has 1 unspecified atom stereocenters. The van der Waals surface area contributed by atoms with Crippen molar-refractivity contribution in [3.8, 4) is 11.3 Å². The van der Waals surface area contributed by atoms with Gasteiger partial charge in [-0.05, 0) is 62.2 Å². The number of benzene rings is 1. The number of anilines is 2. The number of pyridine rings is 2. The van der Waals surface area contributed by atoms with E-state index in [4.69, 9.17) is 16.6 Å². The molecule has 5 nitrogen and oxygen atoms in total. The van der Waals surface area contributed by atoms with Crippen LogP contribution in [0, 0.1) is 5.41 Å². The van der Waals surface area contributed by atoms with Gasteiger partial charge in [0.25, 0.3) is 0 Å². The zero-order valence-corrected chi connectivity index (χ0v) is 17.5. The maximum absolute atomic E-state index is 6.30. The zero-order valence-electron chi connectivity index (χ0n) is 16.7. The van der Waals surface area contributed by atoms with Crippen LogP contribution in [0.1, 0.15) is 19.3 Å². The predicted molar refractivity (Wildman–Crippen MR) is 121 cm³/mol. The Morgan fingerprint density at radius 3 is 2.86 bits per heavy atom. The summed E-state index contributed by atoms with van der Waals surface area (Å²) in [7, 11) is 1.87. The van der Waals surface area contributed by atoms with Crippen LogP contribution in [0.2, 0.25) is 5.02 Å². The third-order valence-corrected chi connectivity index (χ3v) is 6.64. The van der Waals surface area contributed by atoms with E-state index in [2.05, 4.69) is 38.7 Å². The zero-order chi connectivity index (χ0) is 19.8. The van der Waals surface area contributed by atoms with Crippen molar-refractivity contribution in [2.75, 3.05) is 43.4 Å². The second kappa shape index (κ2) is 7.47. The van der Waals surface area contributed by atoms with Crippen molar-refractivity contribution < 1.29 is 0 Å². The van der Waals surface area contributed by atoms with Gasteiger partial charge in [-0.15, -0.1) is 0 Å². The largest absolute Gasteiger partial charge is 0.373 e. The van der Waals surface area contributed by atoms with E-state index in [-0.39, 0.29) is 0 Å². The number of fused-ring (bicyclic) bond motifs is 1. The van der Waals surface area contributed by atoms with Crippen LogP contribution in [0.3, 0.4) is 0 Å². The van der Waals surface area contributed by atoms with Gasteiger partial charge in [-0.1, -0.05) is 11.6 Å². The fraction of sp³-hybridized carbons (Fsp3) is 0.391. The molecule has 2 saturated heterocycles. The summed E-state index contributed by atoms with van der Waals surface area (Å²) in [5, 5.41) is 8.56. The Morgan fingerprint density at radius 2 is 2.10 bits per heavy atom. The highest BCUT2D eigenvalue weighted by atomic mass is 35.5. The number of piperidine rings is 1. The topological polar surface area (TPSA) is 53.1 Å². The van der Waals surface area contributed by atoms with Gasteiger partial charge in [0.1, 0.15) is 5.82 Å². The lowest BCUT2D eigenvalue weighted by Gasteiger charge is -2.34. The van der Waals surface area contributed by atoms with Gasteiger partial charge in [-0.2, -0.15) is 0 Å². The number of aromatic nitrogens is 2. The van der Waals surface area contributed by atoms with Gasteiger partial charge in [0.05, 0.1) is 11.2 Å². The molecular formula is C23H26ClN5. The van der Waals surface area contributed by atoms with Crippen LogP contribution < -0.4 is 15.5 Å². The Labute approximate surface area is 176 Å². The number of hydrogen-bond acceptors (Lipinski definition) is 5. The summed E-state index contributed by atoms with van der Waals surface area (Å²) in [6.45, 7) is 4.46. The van der Waals surface area contributed by atoms with E-state index in [9.17, 15) is 0 Å². The molecule has 2 aliphatic rings. The van der Waals surface area contributed by atoms with Crippen LogP contribution in [-0.2, 0) is 0 Å². The SMILES string of the molecule is CNc1ccc(-c2cc(N3CCC4(CCCNC4)C3)c3ccc(Cl)cc3n2)cn1. The highest BCUT2D eigenvalue weighted by Crippen LogP contribution is 2.41. The highest BCUT2D eigenvalue weighted by Gasteiger charge is 2.39. The maximum Gasteiger partial charge on any atom is 0.125 e. The van der Waals surface area contributed by atoms with Gasteiger partial charge in [-0.3, -0.25) is 0 Å². The molecular weight excluding hydrogens is 382 g/mol. The van der Waals surface area contributed by atoms with Crippen LogP contribution in [0.5, 0.6) is 0 Å². The van der Waals surface area contributed by atoms with Gasteiger partial charge < -0.3 is 15.5 Å². The third-order valence-electron chi connectivity index (χ3n) is 6.41. The molecule has 0 saturated carbocycles. The van der Waals surface area contributed by atoms with Crippen molar-refractivity contribution in [1.82, 2.24) is 15.3 Å². The van der Waals surface area contributed by atoms with Crippen molar-refractivity contribution in [3.05, 3.63) is 47.6 Å². The minimum Gasteiger partial charge on any atom is -0.373 e. The molecule has 29 heavy (non-hydrogen) atoms. The van der Waals surface area contributed by atoms with E-state index in [1.165, 1.54) is 30.3 Å². The Kier molecular flexibility index (Phi) is 4.80. The fourth-order valence-electron chi connectivity index (χ4n) is 4.81. The molecule has 2 N–H and O–H groups in total. The second-order valence-electron chi connectivity index (χ2n) is 8.32. The molecule has 1 aromatic carbocycles. The molecule has 0 amide bonds. The van der Waals surface area contributed by atoms with Crippen LogP contribution >= 0.6 is 11.6 Å². The van der Waals surface area contributed by atoms with Crippen molar-refractivity contribution in [2.24, 2.45) is 5.41 Å². The summed E-state index contributed by atoms with van der Waals surface area (Å²) in [6.07, 6.45) is 5.71. The number of nitrogens with zero attached hydrogens (tertiary/aromatic N) is 3. The van der Waals surface area contributed by atoms with Crippen molar-refractivity contribution in [1.29, 1.82) is 0 Å². The smallest absolute Gasteiger partial charge is 0.125 e. The molecule has 0 aliphatic carbocycles. The van der Waals surface area contributed by atoms with Crippen LogP contribution in [0.4, 0.5) is 11.5 Å². The summed E-state index contributed by atoms with van der Waals surface area (Å²) >= 11 is 6.30. The number of hydrogen-bond donors (Lipinski definition) is 2. The minimum absolute atomic E-state index is 0.399. The maximum atomic E-state index is 6.30. The minimum atomic E-state index is 0.399. The number of rotatable bonds is 3. The number of halogens is 1. The Hall–Kier alpha value is -2.37. The summed E-state index contributed by atoms with van der Waals surface area (Å²) < 4.78 is 0. The van der Waals surface area contributed by atoms with Gasteiger partial charge in [0.15, 0.2) is 0 Å². The van der Waals surface area contributed by atoms with Crippen LogP contribution in [0.15, 0.2) is 42.6 Å². The van der Waals surface area contributed by atoms with Gasteiger partial charge in [0, 0.05) is 60.0 Å². The summed E-state index contributed by atoms with van der Waals surface area (Å²) in [5.41, 5.74) is 4.54. The average molecular weight is 408 g/mol. The van der Waals surface area contributed by atoms with E-state index < -0.39 is 0 Å². The van der Waals surface area contributed by atoms with E-state index in [1.54, 1.807) is 0 Å². The van der Waals surface area contributed by atoms with Crippen LogP contribution in [0.25, 0.3) is 22.2 Å². The van der Waals surface area contributed by atoms with Gasteiger partial charge in [-0.25, -0.2) is 9.97 Å². The normalized spacial score (nSPS) is 21.8. The summed E-state index contributed by atoms with van der Waals surface area (Å²) in [5.74, 6) is 0.851. The monoisotopic (exact) mass is 407 g/mol.